The number of likely N-dealkylation sites (tertiary alicyclic amines) is 1. The molecule has 228 valence electrons. The van der Waals surface area contributed by atoms with Crippen molar-refractivity contribution in [1.29, 1.82) is 0 Å². The van der Waals surface area contributed by atoms with Crippen molar-refractivity contribution in [3.05, 3.63) is 89.4 Å². The van der Waals surface area contributed by atoms with E-state index < -0.39 is 42.1 Å². The molecule has 2 fully saturated rings. The molecule has 0 bridgehead atoms. The van der Waals surface area contributed by atoms with Gasteiger partial charge in [-0.2, -0.15) is 5.10 Å². The molecule has 0 unspecified atom stereocenters. The number of rotatable bonds is 10. The van der Waals surface area contributed by atoms with E-state index in [4.69, 9.17) is 4.74 Å². The van der Waals surface area contributed by atoms with E-state index >= 15 is 0 Å². The summed E-state index contributed by atoms with van der Waals surface area (Å²) >= 11 is 0. The summed E-state index contributed by atoms with van der Waals surface area (Å²) in [5, 5.41) is 4.93. The average molecular weight is 610 g/mol. The van der Waals surface area contributed by atoms with E-state index in [1.54, 1.807) is 18.2 Å². The van der Waals surface area contributed by atoms with Crippen molar-refractivity contribution in [1.82, 2.24) is 14.7 Å². The predicted octanol–water partition coefficient (Wildman–Crippen LogP) is 5.66. The Labute approximate surface area is 249 Å². The minimum absolute atomic E-state index is 0.115. The van der Waals surface area contributed by atoms with Crippen molar-refractivity contribution in [3.8, 4) is 11.5 Å². The van der Waals surface area contributed by atoms with E-state index in [9.17, 15) is 31.9 Å². The van der Waals surface area contributed by atoms with Gasteiger partial charge in [0.15, 0.2) is 23.1 Å². The fraction of sp³-hybridized carbons (Fsp3) is 0.312. The smallest absolute Gasteiger partial charge is 0.489 e. The number of hydrogen-bond acceptors (Lipinski definition) is 6. The Balaban J connectivity index is 1.19. The summed E-state index contributed by atoms with van der Waals surface area (Å²) in [6.07, 6.45) is -4.48. The number of amides is 1. The number of ether oxygens (including phenoxy) is 2. The highest BCUT2D eigenvalue weighted by molar-refractivity contribution is 6.05. The Kier molecular flexibility index (Phi) is 7.60. The summed E-state index contributed by atoms with van der Waals surface area (Å²) in [7, 11) is 0. The lowest BCUT2D eigenvalue weighted by Crippen LogP contribution is -2.45. The van der Waals surface area contributed by atoms with Gasteiger partial charge in [0.05, 0.1) is 11.6 Å². The molecule has 0 radical (unpaired) electrons. The topological polar surface area (TPSA) is 90.7 Å². The SMILES string of the molecule is CC(=O)c1nn(CC(=O)N2[C@@H]3C[C@@H]3C[C@H]2C(=O)Cc2cccc(OC(F)(F)F)c2F)c2ccc(OCc3ccccc3)cc12. The number of carbonyl (C=O) groups is 3. The van der Waals surface area contributed by atoms with Crippen LogP contribution in [0.2, 0.25) is 0 Å². The highest BCUT2D eigenvalue weighted by Crippen LogP contribution is 2.48. The lowest BCUT2D eigenvalue weighted by molar-refractivity contribution is -0.275. The molecular weight excluding hydrogens is 582 g/mol. The Morgan fingerprint density at radius 1 is 1.00 bits per heavy atom. The monoisotopic (exact) mass is 609 g/mol. The van der Waals surface area contributed by atoms with Gasteiger partial charge in [0.25, 0.3) is 0 Å². The normalized spacial score (nSPS) is 19.1. The van der Waals surface area contributed by atoms with Gasteiger partial charge >= 0.3 is 6.36 Å². The molecule has 0 N–H and O–H groups in total. The fourth-order valence-corrected chi connectivity index (χ4v) is 5.88. The second kappa shape index (κ2) is 11.4. The molecule has 44 heavy (non-hydrogen) atoms. The van der Waals surface area contributed by atoms with Crippen molar-refractivity contribution < 1.29 is 41.4 Å². The molecule has 0 spiro atoms. The van der Waals surface area contributed by atoms with Gasteiger partial charge < -0.3 is 14.4 Å². The van der Waals surface area contributed by atoms with Crippen LogP contribution >= 0.6 is 0 Å². The molecule has 4 aromatic rings. The van der Waals surface area contributed by atoms with E-state index in [0.717, 1.165) is 18.1 Å². The second-order valence-electron chi connectivity index (χ2n) is 11.1. The van der Waals surface area contributed by atoms with Gasteiger partial charge in [0.1, 0.15) is 24.6 Å². The van der Waals surface area contributed by atoms with E-state index in [1.807, 2.05) is 30.3 Å². The second-order valence-corrected chi connectivity index (χ2v) is 11.1. The molecule has 6 rings (SSSR count). The molecule has 1 saturated heterocycles. The molecule has 8 nitrogen and oxygen atoms in total. The van der Waals surface area contributed by atoms with Crippen LogP contribution in [0, 0.1) is 11.7 Å². The number of benzene rings is 3. The van der Waals surface area contributed by atoms with Crippen molar-refractivity contribution in [2.45, 2.75) is 57.8 Å². The van der Waals surface area contributed by atoms with Crippen LogP contribution < -0.4 is 9.47 Å². The van der Waals surface area contributed by atoms with Gasteiger partial charge in [-0.1, -0.05) is 42.5 Å². The number of aromatic nitrogens is 2. The molecule has 1 aliphatic carbocycles. The Morgan fingerprint density at radius 3 is 2.50 bits per heavy atom. The number of piperidine rings is 1. The number of alkyl halides is 3. The molecular formula is C32H27F4N3O5. The molecule has 12 heteroatoms. The highest BCUT2D eigenvalue weighted by atomic mass is 19.4. The maximum atomic E-state index is 14.8. The quantitative estimate of drug-likeness (QED) is 0.170. The van der Waals surface area contributed by atoms with Crippen LogP contribution in [0.25, 0.3) is 10.9 Å². The Morgan fingerprint density at radius 2 is 1.77 bits per heavy atom. The van der Waals surface area contributed by atoms with Gasteiger partial charge in [0.2, 0.25) is 5.91 Å². The van der Waals surface area contributed by atoms with Crippen LogP contribution in [-0.4, -0.2) is 50.6 Å². The third kappa shape index (κ3) is 6.01. The number of hydrogen-bond donors (Lipinski definition) is 0. The van der Waals surface area contributed by atoms with E-state index in [-0.39, 0.29) is 35.5 Å². The molecule has 1 aromatic heterocycles. The molecule has 1 aliphatic heterocycles. The molecule has 3 atom stereocenters. The van der Waals surface area contributed by atoms with Crippen LogP contribution in [0.15, 0.2) is 66.7 Å². The minimum atomic E-state index is -5.09. The standard InChI is InChI=1S/C32H27F4N3O5/c1-18(40)31-23-15-22(43-17-19-6-3-2-4-7-19)10-11-24(23)38(37-31)16-29(42)39-25-12-21(25)13-26(39)27(41)14-20-8-5-9-28(30(20)33)44-32(34,35)36/h2-11,15,21,25-26H,12-14,16-17H2,1H3/t21-,25-,26+/m1/s1. The van der Waals surface area contributed by atoms with Gasteiger partial charge in [-0.15, -0.1) is 13.2 Å². The first-order valence-electron chi connectivity index (χ1n) is 14.0. The van der Waals surface area contributed by atoms with Crippen LogP contribution in [0.1, 0.15) is 41.4 Å². The summed E-state index contributed by atoms with van der Waals surface area (Å²) in [6, 6.07) is 16.9. The molecule has 3 aromatic carbocycles. The molecule has 2 aliphatic rings. The molecule has 1 saturated carbocycles. The van der Waals surface area contributed by atoms with Crippen molar-refractivity contribution >= 4 is 28.4 Å². The van der Waals surface area contributed by atoms with E-state index in [0.29, 0.717) is 29.7 Å². The fourth-order valence-electron chi connectivity index (χ4n) is 5.88. The third-order valence-electron chi connectivity index (χ3n) is 7.99. The zero-order valence-corrected chi connectivity index (χ0v) is 23.5. The van der Waals surface area contributed by atoms with E-state index in [1.165, 1.54) is 28.6 Å². The third-order valence-corrected chi connectivity index (χ3v) is 7.99. The maximum Gasteiger partial charge on any atom is 0.573 e. The lowest BCUT2D eigenvalue weighted by Gasteiger charge is -2.27. The van der Waals surface area contributed by atoms with Gasteiger partial charge in [-0.05, 0) is 54.2 Å². The van der Waals surface area contributed by atoms with Gasteiger partial charge in [-0.25, -0.2) is 4.39 Å². The zero-order chi connectivity index (χ0) is 31.2. The van der Waals surface area contributed by atoms with Crippen molar-refractivity contribution in [2.24, 2.45) is 5.92 Å². The van der Waals surface area contributed by atoms with Crippen LogP contribution in [0.3, 0.4) is 0 Å². The Hall–Kier alpha value is -4.74. The first kappa shape index (κ1) is 29.3. The Bertz CT molecular complexity index is 1750. The predicted molar refractivity (Wildman–Crippen MR) is 149 cm³/mol. The molecule has 1 amide bonds. The summed E-state index contributed by atoms with van der Waals surface area (Å²) in [4.78, 5) is 40.9. The number of halogens is 4. The summed E-state index contributed by atoms with van der Waals surface area (Å²) in [5.41, 5.74) is 1.43. The van der Waals surface area contributed by atoms with Crippen LogP contribution in [0.5, 0.6) is 11.5 Å². The van der Waals surface area contributed by atoms with Crippen molar-refractivity contribution in [3.63, 3.8) is 0 Å². The summed E-state index contributed by atoms with van der Waals surface area (Å²) < 4.78 is 63.8. The van der Waals surface area contributed by atoms with Gasteiger partial charge in [0, 0.05) is 24.8 Å². The number of fused-ring (bicyclic) bond motifs is 2. The minimum Gasteiger partial charge on any atom is -0.489 e. The molecule has 2 heterocycles. The number of nitrogens with zero attached hydrogens (tertiary/aromatic N) is 3. The number of ketones is 2. The highest BCUT2D eigenvalue weighted by Gasteiger charge is 2.55. The largest absolute Gasteiger partial charge is 0.573 e. The van der Waals surface area contributed by atoms with Crippen molar-refractivity contribution in [2.75, 3.05) is 0 Å². The number of Topliss-reactive ketones (excluding diaryl/α,β-unsaturated/α-hetero) is 2. The number of carbonyl (C=O) groups excluding carboxylic acids is 3. The average Bonchev–Trinajstić information content (AvgIpc) is 3.49. The first-order valence-corrected chi connectivity index (χ1v) is 14.0. The zero-order valence-electron chi connectivity index (χ0n) is 23.5. The first-order chi connectivity index (χ1) is 21.0. The van der Waals surface area contributed by atoms with Crippen LogP contribution in [0.4, 0.5) is 17.6 Å². The van der Waals surface area contributed by atoms with Gasteiger partial charge in [-0.3, -0.25) is 19.1 Å². The van der Waals surface area contributed by atoms with Crippen LogP contribution in [-0.2, 0) is 29.2 Å². The summed E-state index contributed by atoms with van der Waals surface area (Å²) in [6.45, 7) is 1.46. The summed E-state index contributed by atoms with van der Waals surface area (Å²) in [5.74, 6) is -2.83. The van der Waals surface area contributed by atoms with E-state index in [2.05, 4.69) is 9.84 Å². The lowest BCUT2D eigenvalue weighted by atomic mass is 9.99. The maximum absolute atomic E-state index is 14.8.